The van der Waals surface area contributed by atoms with Crippen LogP contribution in [-0.4, -0.2) is 23.1 Å². The largest absolute Gasteiger partial charge is 0.368 e. The molecule has 0 bridgehead atoms. The third-order valence-corrected chi connectivity index (χ3v) is 4.10. The smallest absolute Gasteiger partial charge is 0.224 e. The predicted octanol–water partition coefficient (Wildman–Crippen LogP) is 3.66. The van der Waals surface area contributed by atoms with Crippen molar-refractivity contribution in [2.75, 3.05) is 23.7 Å². The standard InChI is InChI=1S/C13H21BrN4/c1-3-7-15-12-16-8-10(14)11(18-12)17-9-13(2)5-4-6-13/h8H,3-7,9H2,1-2H3,(H2,15,16,17,18). The van der Waals surface area contributed by atoms with E-state index >= 15 is 0 Å². The SMILES string of the molecule is CCCNc1ncc(Br)c(NCC2(C)CCC2)n1. The molecule has 0 amide bonds. The van der Waals surface area contributed by atoms with Crippen molar-refractivity contribution >= 4 is 27.7 Å². The molecule has 0 aliphatic heterocycles. The fraction of sp³-hybridized carbons (Fsp3) is 0.692. The maximum Gasteiger partial charge on any atom is 0.224 e. The Morgan fingerprint density at radius 2 is 2.17 bits per heavy atom. The predicted molar refractivity (Wildman–Crippen MR) is 79.0 cm³/mol. The van der Waals surface area contributed by atoms with Gasteiger partial charge in [0.25, 0.3) is 0 Å². The van der Waals surface area contributed by atoms with Gasteiger partial charge in [0.2, 0.25) is 5.95 Å². The number of nitrogens with zero attached hydrogens (tertiary/aromatic N) is 2. The summed E-state index contributed by atoms with van der Waals surface area (Å²) >= 11 is 3.49. The lowest BCUT2D eigenvalue weighted by Gasteiger charge is -2.38. The van der Waals surface area contributed by atoms with Crippen LogP contribution < -0.4 is 10.6 Å². The van der Waals surface area contributed by atoms with Gasteiger partial charge in [-0.25, -0.2) is 4.98 Å². The quantitative estimate of drug-likeness (QED) is 0.841. The molecular weight excluding hydrogens is 292 g/mol. The van der Waals surface area contributed by atoms with E-state index < -0.39 is 0 Å². The van der Waals surface area contributed by atoms with E-state index in [1.165, 1.54) is 19.3 Å². The van der Waals surface area contributed by atoms with Crippen LogP contribution in [0.1, 0.15) is 39.5 Å². The van der Waals surface area contributed by atoms with Crippen molar-refractivity contribution in [3.05, 3.63) is 10.7 Å². The summed E-state index contributed by atoms with van der Waals surface area (Å²) in [5, 5.41) is 6.64. The van der Waals surface area contributed by atoms with Gasteiger partial charge in [-0.05, 0) is 40.6 Å². The lowest BCUT2D eigenvalue weighted by atomic mass is 9.70. The Hall–Kier alpha value is -0.840. The van der Waals surface area contributed by atoms with Crippen LogP contribution in [0.5, 0.6) is 0 Å². The zero-order valence-corrected chi connectivity index (χ0v) is 12.7. The summed E-state index contributed by atoms with van der Waals surface area (Å²) in [6.45, 7) is 6.34. The molecule has 0 atom stereocenters. The minimum atomic E-state index is 0.446. The van der Waals surface area contributed by atoms with Gasteiger partial charge in [-0.2, -0.15) is 4.98 Å². The summed E-state index contributed by atoms with van der Waals surface area (Å²) in [5.74, 6) is 1.58. The van der Waals surface area contributed by atoms with Crippen LogP contribution in [0.2, 0.25) is 0 Å². The summed E-state index contributed by atoms with van der Waals surface area (Å²) in [5.41, 5.74) is 0.446. The van der Waals surface area contributed by atoms with E-state index in [-0.39, 0.29) is 0 Å². The summed E-state index contributed by atoms with van der Waals surface area (Å²) in [7, 11) is 0. The van der Waals surface area contributed by atoms with E-state index in [2.05, 4.69) is 50.4 Å². The van der Waals surface area contributed by atoms with Crippen molar-refractivity contribution in [2.24, 2.45) is 5.41 Å². The molecule has 1 fully saturated rings. The number of halogens is 1. The molecule has 1 aliphatic rings. The summed E-state index contributed by atoms with van der Waals surface area (Å²) in [4.78, 5) is 8.74. The molecule has 1 heterocycles. The lowest BCUT2D eigenvalue weighted by Crippen LogP contribution is -2.33. The van der Waals surface area contributed by atoms with Crippen molar-refractivity contribution in [2.45, 2.75) is 39.5 Å². The van der Waals surface area contributed by atoms with E-state index in [1.807, 2.05) is 0 Å². The molecular formula is C13H21BrN4. The zero-order chi connectivity index (χ0) is 13.0. The normalized spacial score (nSPS) is 17.1. The Balaban J connectivity index is 1.97. The summed E-state index contributed by atoms with van der Waals surface area (Å²) < 4.78 is 0.924. The number of nitrogens with one attached hydrogen (secondary N) is 2. The Kier molecular flexibility index (Phi) is 4.43. The first-order chi connectivity index (χ1) is 8.63. The first-order valence-electron chi connectivity index (χ1n) is 6.63. The minimum absolute atomic E-state index is 0.446. The van der Waals surface area contributed by atoms with Crippen molar-refractivity contribution in [3.8, 4) is 0 Å². The van der Waals surface area contributed by atoms with Crippen molar-refractivity contribution in [1.29, 1.82) is 0 Å². The first kappa shape index (κ1) is 13.6. The number of aromatic nitrogens is 2. The number of anilines is 2. The van der Waals surface area contributed by atoms with Crippen LogP contribution in [0.25, 0.3) is 0 Å². The molecule has 1 aliphatic carbocycles. The van der Waals surface area contributed by atoms with Crippen molar-refractivity contribution in [1.82, 2.24) is 9.97 Å². The summed E-state index contributed by atoms with van der Waals surface area (Å²) in [6, 6.07) is 0. The Labute approximate surface area is 117 Å². The van der Waals surface area contributed by atoms with Gasteiger partial charge in [-0.15, -0.1) is 0 Å². The molecule has 100 valence electrons. The lowest BCUT2D eigenvalue weighted by molar-refractivity contribution is 0.180. The second kappa shape index (κ2) is 5.87. The molecule has 2 rings (SSSR count). The maximum atomic E-state index is 4.49. The molecule has 1 saturated carbocycles. The van der Waals surface area contributed by atoms with Gasteiger partial charge in [0.05, 0.1) is 4.47 Å². The highest BCUT2D eigenvalue weighted by Crippen LogP contribution is 2.40. The van der Waals surface area contributed by atoms with Crippen molar-refractivity contribution in [3.63, 3.8) is 0 Å². The van der Waals surface area contributed by atoms with Gasteiger partial charge in [-0.1, -0.05) is 20.3 Å². The van der Waals surface area contributed by atoms with Crippen LogP contribution in [0.4, 0.5) is 11.8 Å². The van der Waals surface area contributed by atoms with E-state index in [1.54, 1.807) is 6.20 Å². The Bertz CT molecular complexity index is 404. The molecule has 18 heavy (non-hydrogen) atoms. The van der Waals surface area contributed by atoms with Crippen LogP contribution in [0.15, 0.2) is 10.7 Å². The second-order valence-corrected chi connectivity index (χ2v) is 6.19. The van der Waals surface area contributed by atoms with E-state index in [9.17, 15) is 0 Å². The van der Waals surface area contributed by atoms with Gasteiger partial charge >= 0.3 is 0 Å². The van der Waals surface area contributed by atoms with E-state index in [0.717, 1.165) is 29.8 Å². The topological polar surface area (TPSA) is 49.8 Å². The fourth-order valence-electron chi connectivity index (χ4n) is 2.07. The molecule has 0 unspecified atom stereocenters. The Morgan fingerprint density at radius 3 is 2.78 bits per heavy atom. The Morgan fingerprint density at radius 1 is 1.39 bits per heavy atom. The van der Waals surface area contributed by atoms with Gasteiger partial charge in [-0.3, -0.25) is 0 Å². The highest BCUT2D eigenvalue weighted by Gasteiger charge is 2.31. The third-order valence-electron chi connectivity index (χ3n) is 3.52. The summed E-state index contributed by atoms with van der Waals surface area (Å²) in [6.07, 6.45) is 6.84. The van der Waals surface area contributed by atoms with Crippen LogP contribution in [-0.2, 0) is 0 Å². The average Bonchev–Trinajstić information content (AvgIpc) is 2.34. The van der Waals surface area contributed by atoms with E-state index in [0.29, 0.717) is 11.4 Å². The minimum Gasteiger partial charge on any atom is -0.368 e. The van der Waals surface area contributed by atoms with Gasteiger partial charge in [0, 0.05) is 19.3 Å². The molecule has 1 aromatic heterocycles. The molecule has 1 aromatic rings. The second-order valence-electron chi connectivity index (χ2n) is 5.33. The fourth-order valence-corrected chi connectivity index (χ4v) is 2.40. The average molecular weight is 313 g/mol. The number of rotatable bonds is 6. The molecule has 0 aromatic carbocycles. The third kappa shape index (κ3) is 3.34. The molecule has 4 nitrogen and oxygen atoms in total. The zero-order valence-electron chi connectivity index (χ0n) is 11.1. The van der Waals surface area contributed by atoms with Gasteiger partial charge in [0.15, 0.2) is 0 Å². The molecule has 5 heteroatoms. The molecule has 0 saturated heterocycles. The molecule has 2 N–H and O–H groups in total. The number of hydrogen-bond acceptors (Lipinski definition) is 4. The maximum absolute atomic E-state index is 4.49. The van der Waals surface area contributed by atoms with Crippen molar-refractivity contribution < 1.29 is 0 Å². The highest BCUT2D eigenvalue weighted by molar-refractivity contribution is 9.10. The highest BCUT2D eigenvalue weighted by atomic mass is 79.9. The van der Waals surface area contributed by atoms with E-state index in [4.69, 9.17) is 0 Å². The van der Waals surface area contributed by atoms with Crippen LogP contribution >= 0.6 is 15.9 Å². The number of hydrogen-bond donors (Lipinski definition) is 2. The molecule has 0 radical (unpaired) electrons. The van der Waals surface area contributed by atoms with Crippen LogP contribution in [0, 0.1) is 5.41 Å². The molecule has 0 spiro atoms. The van der Waals surface area contributed by atoms with Crippen LogP contribution in [0.3, 0.4) is 0 Å². The van der Waals surface area contributed by atoms with Gasteiger partial charge < -0.3 is 10.6 Å². The van der Waals surface area contributed by atoms with Gasteiger partial charge in [0.1, 0.15) is 5.82 Å². The first-order valence-corrected chi connectivity index (χ1v) is 7.42. The monoisotopic (exact) mass is 312 g/mol.